The van der Waals surface area contributed by atoms with Gasteiger partial charge in [0.2, 0.25) is 0 Å². The van der Waals surface area contributed by atoms with Gasteiger partial charge in [0.25, 0.3) is 0 Å². The topological polar surface area (TPSA) is 49.7 Å². The van der Waals surface area contributed by atoms with Crippen molar-refractivity contribution in [1.82, 2.24) is 4.57 Å². The molecule has 0 spiro atoms. The van der Waals surface area contributed by atoms with Crippen LogP contribution in [-0.2, 0) is 20.8 Å². The molecule has 2 aromatic rings. The first-order valence-corrected chi connectivity index (χ1v) is 7.03. The summed E-state index contributed by atoms with van der Waals surface area (Å²) in [5.41, 5.74) is 1.81. The Bertz CT molecular complexity index is 564. The van der Waals surface area contributed by atoms with Gasteiger partial charge in [-0.3, -0.25) is 4.79 Å². The van der Waals surface area contributed by atoms with E-state index < -0.39 is 0 Å². The van der Waals surface area contributed by atoms with Crippen molar-refractivity contribution in [2.24, 2.45) is 0 Å². The fourth-order valence-corrected chi connectivity index (χ4v) is 2.11. The molecule has 0 aliphatic carbocycles. The SMILES string of the molecule is COCCOCCOCCn1ccc2cc(C=O)ccc21. The van der Waals surface area contributed by atoms with Gasteiger partial charge in [-0.15, -0.1) is 0 Å². The summed E-state index contributed by atoms with van der Waals surface area (Å²) in [4.78, 5) is 10.7. The highest BCUT2D eigenvalue weighted by Gasteiger charge is 2.02. The van der Waals surface area contributed by atoms with Crippen molar-refractivity contribution in [3.8, 4) is 0 Å². The van der Waals surface area contributed by atoms with E-state index in [2.05, 4.69) is 4.57 Å². The van der Waals surface area contributed by atoms with E-state index in [4.69, 9.17) is 14.2 Å². The molecule has 0 amide bonds. The van der Waals surface area contributed by atoms with E-state index in [0.717, 1.165) is 23.7 Å². The van der Waals surface area contributed by atoms with E-state index in [1.807, 2.05) is 30.5 Å². The standard InChI is InChI=1S/C16H21NO4/c1-19-8-9-21-11-10-20-7-6-17-5-4-15-12-14(13-18)2-3-16(15)17/h2-5,12-13H,6-11H2,1H3. The first-order valence-electron chi connectivity index (χ1n) is 7.03. The third-order valence-corrected chi connectivity index (χ3v) is 3.21. The summed E-state index contributed by atoms with van der Waals surface area (Å²) in [6, 6.07) is 7.70. The number of benzene rings is 1. The highest BCUT2D eigenvalue weighted by molar-refractivity contribution is 5.87. The molecule has 1 heterocycles. The zero-order valence-corrected chi connectivity index (χ0v) is 12.3. The van der Waals surface area contributed by atoms with Gasteiger partial charge in [-0.25, -0.2) is 0 Å². The second-order valence-corrected chi connectivity index (χ2v) is 4.66. The zero-order valence-electron chi connectivity index (χ0n) is 12.3. The molecule has 0 aliphatic heterocycles. The van der Waals surface area contributed by atoms with E-state index in [9.17, 15) is 4.79 Å². The molecule has 0 radical (unpaired) electrons. The van der Waals surface area contributed by atoms with E-state index in [-0.39, 0.29) is 0 Å². The Morgan fingerprint density at radius 3 is 2.57 bits per heavy atom. The summed E-state index contributed by atoms with van der Waals surface area (Å²) < 4.78 is 17.9. The minimum absolute atomic E-state index is 0.582. The maximum atomic E-state index is 10.7. The van der Waals surface area contributed by atoms with Gasteiger partial charge in [-0.05, 0) is 24.3 Å². The van der Waals surface area contributed by atoms with E-state index in [0.29, 0.717) is 38.6 Å². The number of hydrogen-bond donors (Lipinski definition) is 0. The number of fused-ring (bicyclic) bond motifs is 1. The van der Waals surface area contributed by atoms with Gasteiger partial charge in [0.1, 0.15) is 6.29 Å². The normalized spacial score (nSPS) is 11.1. The molecule has 21 heavy (non-hydrogen) atoms. The number of aldehydes is 1. The molecule has 0 bridgehead atoms. The van der Waals surface area contributed by atoms with Crippen LogP contribution in [-0.4, -0.2) is 51.0 Å². The van der Waals surface area contributed by atoms with Crippen LogP contribution in [0, 0.1) is 0 Å². The second-order valence-electron chi connectivity index (χ2n) is 4.66. The lowest BCUT2D eigenvalue weighted by Gasteiger charge is -2.07. The predicted octanol–water partition coefficient (Wildman–Crippen LogP) is 2.13. The second kappa shape index (κ2) is 8.56. The minimum atomic E-state index is 0.582. The summed E-state index contributed by atoms with van der Waals surface area (Å²) in [7, 11) is 1.65. The molecular weight excluding hydrogens is 270 g/mol. The summed E-state index contributed by atoms with van der Waals surface area (Å²) >= 11 is 0. The minimum Gasteiger partial charge on any atom is -0.382 e. The lowest BCUT2D eigenvalue weighted by Crippen LogP contribution is -2.11. The Morgan fingerprint density at radius 2 is 1.81 bits per heavy atom. The Hall–Kier alpha value is -1.69. The smallest absolute Gasteiger partial charge is 0.150 e. The van der Waals surface area contributed by atoms with Crippen molar-refractivity contribution < 1.29 is 19.0 Å². The Kier molecular flexibility index (Phi) is 6.40. The molecule has 0 unspecified atom stereocenters. The van der Waals surface area contributed by atoms with Crippen molar-refractivity contribution in [2.75, 3.05) is 40.1 Å². The molecule has 0 saturated carbocycles. The number of carbonyl (C=O) groups excluding carboxylic acids is 1. The molecule has 5 nitrogen and oxygen atoms in total. The average molecular weight is 291 g/mol. The highest BCUT2D eigenvalue weighted by Crippen LogP contribution is 2.16. The Balaban J connectivity index is 1.72. The summed E-state index contributed by atoms with van der Waals surface area (Å²) in [5.74, 6) is 0. The molecule has 5 heteroatoms. The third-order valence-electron chi connectivity index (χ3n) is 3.21. The van der Waals surface area contributed by atoms with Gasteiger partial charge in [0, 0.05) is 36.3 Å². The fourth-order valence-electron chi connectivity index (χ4n) is 2.11. The van der Waals surface area contributed by atoms with E-state index in [1.54, 1.807) is 7.11 Å². The molecule has 1 aromatic heterocycles. The Morgan fingerprint density at radius 1 is 1.05 bits per heavy atom. The number of nitrogens with zero attached hydrogens (tertiary/aromatic N) is 1. The maximum absolute atomic E-state index is 10.7. The molecule has 0 atom stereocenters. The lowest BCUT2D eigenvalue weighted by molar-refractivity contribution is 0.0232. The van der Waals surface area contributed by atoms with Crippen LogP contribution in [0.15, 0.2) is 30.5 Å². The fraction of sp³-hybridized carbons (Fsp3) is 0.438. The van der Waals surface area contributed by atoms with Crippen molar-refractivity contribution in [1.29, 1.82) is 0 Å². The lowest BCUT2D eigenvalue weighted by atomic mass is 10.2. The van der Waals surface area contributed by atoms with Crippen molar-refractivity contribution in [3.63, 3.8) is 0 Å². The van der Waals surface area contributed by atoms with Crippen LogP contribution in [0.2, 0.25) is 0 Å². The van der Waals surface area contributed by atoms with Crippen molar-refractivity contribution in [3.05, 3.63) is 36.0 Å². The number of methoxy groups -OCH3 is 1. The molecule has 0 saturated heterocycles. The van der Waals surface area contributed by atoms with Gasteiger partial charge in [-0.1, -0.05) is 0 Å². The van der Waals surface area contributed by atoms with Gasteiger partial charge in [0.15, 0.2) is 0 Å². The van der Waals surface area contributed by atoms with Gasteiger partial charge in [-0.2, -0.15) is 0 Å². The van der Waals surface area contributed by atoms with Crippen molar-refractivity contribution in [2.45, 2.75) is 6.54 Å². The molecule has 114 valence electrons. The average Bonchev–Trinajstić information content (AvgIpc) is 2.92. The van der Waals surface area contributed by atoms with E-state index in [1.165, 1.54) is 0 Å². The van der Waals surface area contributed by atoms with Crippen LogP contribution in [0.4, 0.5) is 0 Å². The van der Waals surface area contributed by atoms with Crippen LogP contribution < -0.4 is 0 Å². The summed E-state index contributed by atoms with van der Waals surface area (Å²) in [6.45, 7) is 3.78. The number of hydrogen-bond acceptors (Lipinski definition) is 4. The van der Waals surface area contributed by atoms with Crippen LogP contribution in [0.25, 0.3) is 10.9 Å². The predicted molar refractivity (Wildman–Crippen MR) is 80.8 cm³/mol. The number of rotatable bonds is 10. The Labute approximate surface area is 124 Å². The largest absolute Gasteiger partial charge is 0.382 e. The van der Waals surface area contributed by atoms with Gasteiger partial charge >= 0.3 is 0 Å². The quantitative estimate of drug-likeness (QED) is 0.497. The van der Waals surface area contributed by atoms with E-state index >= 15 is 0 Å². The van der Waals surface area contributed by atoms with Gasteiger partial charge < -0.3 is 18.8 Å². The number of ether oxygens (including phenoxy) is 3. The molecule has 0 aliphatic rings. The molecule has 0 fully saturated rings. The first-order chi connectivity index (χ1) is 10.3. The number of aromatic nitrogens is 1. The molecule has 0 N–H and O–H groups in total. The maximum Gasteiger partial charge on any atom is 0.150 e. The zero-order chi connectivity index (χ0) is 14.9. The van der Waals surface area contributed by atoms with Crippen LogP contribution >= 0.6 is 0 Å². The van der Waals surface area contributed by atoms with Gasteiger partial charge in [0.05, 0.1) is 33.0 Å². The number of carbonyl (C=O) groups is 1. The molecule has 2 rings (SSSR count). The third kappa shape index (κ3) is 4.67. The van der Waals surface area contributed by atoms with Crippen LogP contribution in [0.1, 0.15) is 10.4 Å². The molecule has 1 aromatic carbocycles. The summed E-state index contributed by atoms with van der Waals surface area (Å²) in [6.07, 6.45) is 2.88. The summed E-state index contributed by atoms with van der Waals surface area (Å²) in [5, 5.41) is 1.07. The van der Waals surface area contributed by atoms with Crippen LogP contribution in [0.3, 0.4) is 0 Å². The monoisotopic (exact) mass is 291 g/mol. The molecular formula is C16H21NO4. The first kappa shape index (κ1) is 15.7. The van der Waals surface area contributed by atoms with Crippen molar-refractivity contribution >= 4 is 17.2 Å². The van der Waals surface area contributed by atoms with Crippen LogP contribution in [0.5, 0.6) is 0 Å². The highest BCUT2D eigenvalue weighted by atomic mass is 16.5.